The average molecular weight is 206 g/mol. The summed E-state index contributed by atoms with van der Waals surface area (Å²) < 4.78 is 0. The van der Waals surface area contributed by atoms with Gasteiger partial charge in [-0.25, -0.2) is 0 Å². The first kappa shape index (κ1) is 10.8. The van der Waals surface area contributed by atoms with Crippen LogP contribution < -0.4 is 0 Å². The molecule has 0 unspecified atom stereocenters. The van der Waals surface area contributed by atoms with Crippen LogP contribution in [0.3, 0.4) is 0 Å². The van der Waals surface area contributed by atoms with Gasteiger partial charge in [0.25, 0.3) is 5.91 Å². The quantitative estimate of drug-likeness (QED) is 0.464. The zero-order valence-electron chi connectivity index (χ0n) is 7.61. The molecule has 0 aromatic rings. The second-order valence-corrected chi connectivity index (χ2v) is 5.42. The van der Waals surface area contributed by atoms with E-state index in [2.05, 4.69) is 0 Å². The third-order valence-corrected chi connectivity index (χ3v) is 4.53. The third-order valence-electron chi connectivity index (χ3n) is 2.14. The maximum Gasteiger partial charge on any atom is 0.276 e. The van der Waals surface area contributed by atoms with E-state index in [1.165, 1.54) is 12.8 Å². The van der Waals surface area contributed by atoms with E-state index in [-0.39, 0.29) is 30.3 Å². The highest BCUT2D eigenvalue weighted by molar-refractivity contribution is 7.97. The zero-order valence-corrected chi connectivity index (χ0v) is 8.42. The summed E-state index contributed by atoms with van der Waals surface area (Å²) in [6.45, 7) is -0.765. The van der Waals surface area contributed by atoms with Crippen LogP contribution in [0.15, 0.2) is 0 Å². The van der Waals surface area contributed by atoms with Crippen LogP contribution in [0.25, 0.3) is 0 Å². The Balaban J connectivity index is 2.29. The molecule has 0 spiro atoms. The van der Waals surface area contributed by atoms with Gasteiger partial charge in [-0.15, -0.1) is 0 Å². The van der Waals surface area contributed by atoms with Crippen LogP contribution in [0.4, 0.5) is 0 Å². The van der Waals surface area contributed by atoms with Gasteiger partial charge in [-0.05, 0) is 23.7 Å². The number of carbonyl (C=O) groups is 1. The lowest BCUT2D eigenvalue weighted by Crippen LogP contribution is -2.37. The van der Waals surface area contributed by atoms with Crippen molar-refractivity contribution in [2.45, 2.75) is 12.8 Å². The molecule has 1 heterocycles. The fraction of sp³-hybridized carbons (Fsp3) is 0.875. The first-order valence-corrected chi connectivity index (χ1v) is 6.14. The van der Waals surface area contributed by atoms with Crippen LogP contribution in [-0.2, 0) is 15.7 Å². The minimum atomic E-state index is -0.382. The van der Waals surface area contributed by atoms with Crippen LogP contribution in [0, 0.1) is 0 Å². The Labute approximate surface area is 80.9 Å². The first-order valence-electron chi connectivity index (χ1n) is 4.41. The molecule has 0 bridgehead atoms. The lowest BCUT2D eigenvalue weighted by atomic mass is 10.4. The summed E-state index contributed by atoms with van der Waals surface area (Å²) >= 11 is 0. The molecule has 1 amide bonds. The Hall–Kier alpha value is -0.260. The summed E-state index contributed by atoms with van der Waals surface area (Å²) in [4.78, 5) is 12.4. The maximum absolute atomic E-state index is 11.4. The largest absolute Gasteiger partial charge is 0.376 e. The van der Waals surface area contributed by atoms with Gasteiger partial charge in [-0.1, -0.05) is 0 Å². The van der Waals surface area contributed by atoms with Crippen molar-refractivity contribution < 1.29 is 15.0 Å². The predicted octanol–water partition coefficient (Wildman–Crippen LogP) is -0.873. The number of amides is 1. The molecule has 1 aliphatic heterocycles. The molecular weight excluding hydrogens is 190 g/mol. The van der Waals surface area contributed by atoms with Gasteiger partial charge in [-0.2, -0.15) is 0 Å². The number of hydrogen-bond donors (Lipinski definition) is 2. The second-order valence-electron chi connectivity index (χ2n) is 3.09. The molecule has 0 aliphatic carbocycles. The fourth-order valence-corrected chi connectivity index (χ4v) is 3.58. The number of rotatable bonds is 4. The Kier molecular flexibility index (Phi) is 4.55. The molecule has 4 nitrogen and oxygen atoms in total. The molecule has 76 valence electrons. The molecule has 0 saturated carbocycles. The number of nitrogens with zero attached hydrogens (tertiary/aromatic N) is 1. The van der Waals surface area contributed by atoms with Crippen LogP contribution in [-0.4, -0.2) is 51.7 Å². The smallest absolute Gasteiger partial charge is 0.276 e. The SMILES string of the molecule is O=C(C[S+]1CCCC1)N(CO)CO. The summed E-state index contributed by atoms with van der Waals surface area (Å²) in [7, 11) is 0.205. The minimum Gasteiger partial charge on any atom is -0.376 e. The lowest BCUT2D eigenvalue weighted by Gasteiger charge is -2.15. The topological polar surface area (TPSA) is 60.8 Å². The van der Waals surface area contributed by atoms with Crippen molar-refractivity contribution in [1.29, 1.82) is 0 Å². The summed E-state index contributed by atoms with van der Waals surface area (Å²) in [5, 5.41) is 17.4. The fourth-order valence-electron chi connectivity index (χ4n) is 1.33. The van der Waals surface area contributed by atoms with E-state index in [0.717, 1.165) is 16.4 Å². The number of hydrogen-bond acceptors (Lipinski definition) is 3. The second kappa shape index (κ2) is 5.47. The summed E-state index contributed by atoms with van der Waals surface area (Å²) in [6.07, 6.45) is 2.43. The molecular formula is C8H16NO3S+. The highest BCUT2D eigenvalue weighted by atomic mass is 32.2. The highest BCUT2D eigenvalue weighted by Gasteiger charge is 2.28. The molecule has 0 aromatic carbocycles. The van der Waals surface area contributed by atoms with E-state index < -0.39 is 0 Å². The standard InChI is InChI=1S/C8H16NO3S/c10-6-9(7-11)8(12)5-13-3-1-2-4-13/h10-11H,1-7H2/q+1. The van der Waals surface area contributed by atoms with Gasteiger partial charge in [0, 0.05) is 0 Å². The van der Waals surface area contributed by atoms with Crippen LogP contribution in [0.1, 0.15) is 12.8 Å². The van der Waals surface area contributed by atoms with Crippen molar-refractivity contribution >= 4 is 16.8 Å². The molecule has 0 atom stereocenters. The van der Waals surface area contributed by atoms with Gasteiger partial charge in [0.05, 0.1) is 0 Å². The lowest BCUT2D eigenvalue weighted by molar-refractivity contribution is -0.136. The Morgan fingerprint density at radius 3 is 2.23 bits per heavy atom. The maximum atomic E-state index is 11.4. The van der Waals surface area contributed by atoms with Gasteiger partial charge in [-0.3, -0.25) is 9.69 Å². The van der Waals surface area contributed by atoms with E-state index in [1.807, 2.05) is 0 Å². The van der Waals surface area contributed by atoms with Crippen molar-refractivity contribution in [2.75, 3.05) is 30.7 Å². The first-order chi connectivity index (χ1) is 6.27. The predicted molar refractivity (Wildman–Crippen MR) is 52.2 cm³/mol. The molecule has 1 rings (SSSR count). The highest BCUT2D eigenvalue weighted by Crippen LogP contribution is 2.13. The van der Waals surface area contributed by atoms with E-state index >= 15 is 0 Å². The Morgan fingerprint density at radius 2 is 1.77 bits per heavy atom. The summed E-state index contributed by atoms with van der Waals surface area (Å²) in [5.74, 6) is 2.64. The van der Waals surface area contributed by atoms with Crippen molar-refractivity contribution in [3.8, 4) is 0 Å². The number of aliphatic hydroxyl groups excluding tert-OH is 2. The molecule has 5 heteroatoms. The minimum absolute atomic E-state index is 0.129. The third kappa shape index (κ3) is 3.17. The normalized spacial score (nSPS) is 17.7. The van der Waals surface area contributed by atoms with Crippen LogP contribution >= 0.6 is 0 Å². The monoisotopic (exact) mass is 206 g/mol. The molecule has 0 radical (unpaired) electrons. The number of carbonyl (C=O) groups excluding carboxylic acids is 1. The average Bonchev–Trinajstić information content (AvgIpc) is 2.59. The van der Waals surface area contributed by atoms with Crippen molar-refractivity contribution in [2.24, 2.45) is 0 Å². The molecule has 2 N–H and O–H groups in total. The van der Waals surface area contributed by atoms with Crippen molar-refractivity contribution in [3.05, 3.63) is 0 Å². The van der Waals surface area contributed by atoms with Crippen LogP contribution in [0.5, 0.6) is 0 Å². The summed E-state index contributed by atoms with van der Waals surface area (Å²) in [6, 6.07) is 0. The summed E-state index contributed by atoms with van der Waals surface area (Å²) in [5.41, 5.74) is 0. The molecule has 1 fully saturated rings. The van der Waals surface area contributed by atoms with Gasteiger partial charge >= 0.3 is 0 Å². The van der Waals surface area contributed by atoms with Crippen molar-refractivity contribution in [1.82, 2.24) is 4.90 Å². The molecule has 1 saturated heterocycles. The van der Waals surface area contributed by atoms with Crippen molar-refractivity contribution in [3.63, 3.8) is 0 Å². The Morgan fingerprint density at radius 1 is 1.23 bits per heavy atom. The van der Waals surface area contributed by atoms with E-state index in [0.29, 0.717) is 5.75 Å². The van der Waals surface area contributed by atoms with Gasteiger partial charge < -0.3 is 10.2 Å². The number of aliphatic hydroxyl groups is 2. The zero-order chi connectivity index (χ0) is 9.68. The van der Waals surface area contributed by atoms with Crippen LogP contribution in [0.2, 0.25) is 0 Å². The molecule has 0 aromatic heterocycles. The van der Waals surface area contributed by atoms with Gasteiger partial charge in [0.1, 0.15) is 25.0 Å². The van der Waals surface area contributed by atoms with E-state index in [4.69, 9.17) is 10.2 Å². The van der Waals surface area contributed by atoms with E-state index in [1.54, 1.807) is 0 Å². The van der Waals surface area contributed by atoms with Gasteiger partial charge in [0.2, 0.25) is 0 Å². The molecule has 13 heavy (non-hydrogen) atoms. The molecule has 1 aliphatic rings. The Bertz CT molecular complexity index is 167. The van der Waals surface area contributed by atoms with E-state index in [9.17, 15) is 4.79 Å². The van der Waals surface area contributed by atoms with Gasteiger partial charge in [0.15, 0.2) is 5.75 Å².